The Morgan fingerprint density at radius 2 is 1.67 bits per heavy atom. The van der Waals surface area contributed by atoms with Gasteiger partial charge in [0.1, 0.15) is 0 Å². The average Bonchev–Trinajstić information content (AvgIpc) is 3.40. The Morgan fingerprint density at radius 3 is 2.36 bits per heavy atom. The molecule has 2 aromatic carbocycles. The summed E-state index contributed by atoms with van der Waals surface area (Å²) < 4.78 is 26.6. The van der Waals surface area contributed by atoms with Crippen molar-refractivity contribution in [2.75, 3.05) is 34.7 Å². The molecule has 9 nitrogen and oxygen atoms in total. The van der Waals surface area contributed by atoms with Gasteiger partial charge in [0.15, 0.2) is 28.8 Å². The second kappa shape index (κ2) is 7.99. The van der Waals surface area contributed by atoms with Crippen LogP contribution in [-0.2, 0) is 9.53 Å². The van der Waals surface area contributed by atoms with Crippen LogP contribution in [0.2, 0.25) is 0 Å². The van der Waals surface area contributed by atoms with Gasteiger partial charge in [-0.15, -0.1) is 0 Å². The van der Waals surface area contributed by atoms with E-state index in [1.165, 1.54) is 21.3 Å². The second-order valence-electron chi connectivity index (χ2n) is 8.05. The van der Waals surface area contributed by atoms with Gasteiger partial charge >= 0.3 is 5.97 Å². The van der Waals surface area contributed by atoms with Crippen molar-refractivity contribution in [1.82, 2.24) is 4.90 Å². The third-order valence-corrected chi connectivity index (χ3v) is 6.45. The number of benzene rings is 2. The van der Waals surface area contributed by atoms with Crippen LogP contribution in [0.1, 0.15) is 56.6 Å². The molecule has 9 heteroatoms. The predicted molar refractivity (Wildman–Crippen MR) is 114 cm³/mol. The number of fused-ring (bicyclic) bond motifs is 6. The fourth-order valence-corrected chi connectivity index (χ4v) is 4.92. The van der Waals surface area contributed by atoms with Crippen molar-refractivity contribution >= 4 is 17.7 Å². The number of amides is 1. The van der Waals surface area contributed by atoms with Crippen LogP contribution in [0.3, 0.4) is 0 Å². The van der Waals surface area contributed by atoms with E-state index in [1.54, 1.807) is 29.2 Å². The molecule has 172 valence electrons. The summed E-state index contributed by atoms with van der Waals surface area (Å²) in [6, 6.07) is 6.27. The first-order valence-electron chi connectivity index (χ1n) is 10.6. The van der Waals surface area contributed by atoms with Gasteiger partial charge in [0.25, 0.3) is 5.91 Å². The molecule has 0 N–H and O–H groups in total. The van der Waals surface area contributed by atoms with Crippen molar-refractivity contribution in [3.63, 3.8) is 0 Å². The van der Waals surface area contributed by atoms with Crippen molar-refractivity contribution in [2.24, 2.45) is 0 Å². The predicted octanol–water partition coefficient (Wildman–Crippen LogP) is 2.86. The van der Waals surface area contributed by atoms with Crippen LogP contribution in [0.15, 0.2) is 24.3 Å². The number of ether oxygens (including phenoxy) is 5. The zero-order chi connectivity index (χ0) is 23.3. The lowest BCUT2D eigenvalue weighted by Crippen LogP contribution is -2.42. The number of esters is 1. The Kier molecular flexibility index (Phi) is 5.11. The van der Waals surface area contributed by atoms with Crippen molar-refractivity contribution in [3.8, 4) is 23.0 Å². The molecule has 2 aliphatic heterocycles. The van der Waals surface area contributed by atoms with Crippen molar-refractivity contribution in [2.45, 2.75) is 24.8 Å². The third kappa shape index (κ3) is 3.18. The summed E-state index contributed by atoms with van der Waals surface area (Å²) >= 11 is 0. The van der Waals surface area contributed by atoms with Gasteiger partial charge in [0.05, 0.1) is 33.3 Å². The maximum absolute atomic E-state index is 13.7. The highest BCUT2D eigenvalue weighted by Gasteiger charge is 2.51. The maximum Gasteiger partial charge on any atom is 0.305 e. The number of methoxy groups -OCH3 is 3. The van der Waals surface area contributed by atoms with E-state index in [9.17, 15) is 14.4 Å². The number of carbonyl (C=O) groups is 3. The number of rotatable bonds is 6. The molecule has 0 radical (unpaired) electrons. The molecule has 2 heterocycles. The zero-order valence-corrected chi connectivity index (χ0v) is 18.5. The molecule has 2 aromatic rings. The first-order valence-corrected chi connectivity index (χ1v) is 10.6. The van der Waals surface area contributed by atoms with Gasteiger partial charge in [-0.25, -0.2) is 0 Å². The van der Waals surface area contributed by atoms with E-state index in [4.69, 9.17) is 23.7 Å². The van der Waals surface area contributed by atoms with Gasteiger partial charge in [-0.05, 0) is 41.8 Å². The summed E-state index contributed by atoms with van der Waals surface area (Å²) in [5.41, 5.74) is 2.19. The average molecular weight is 453 g/mol. The van der Waals surface area contributed by atoms with Crippen LogP contribution >= 0.6 is 0 Å². The van der Waals surface area contributed by atoms with E-state index in [0.29, 0.717) is 51.7 Å². The van der Waals surface area contributed by atoms with Crippen LogP contribution in [0.4, 0.5) is 0 Å². The van der Waals surface area contributed by atoms with Crippen LogP contribution < -0.4 is 18.9 Å². The van der Waals surface area contributed by atoms with E-state index in [-0.39, 0.29) is 37.4 Å². The molecule has 1 aliphatic carbocycles. The molecule has 0 aromatic heterocycles. The Morgan fingerprint density at radius 1 is 0.970 bits per heavy atom. The van der Waals surface area contributed by atoms with Gasteiger partial charge in [-0.3, -0.25) is 14.4 Å². The fraction of sp³-hybridized carbons (Fsp3) is 0.375. The van der Waals surface area contributed by atoms with Crippen LogP contribution in [0, 0.1) is 0 Å². The summed E-state index contributed by atoms with van der Waals surface area (Å²) in [6.45, 7) is 0.367. The molecular weight excluding hydrogens is 430 g/mol. The van der Waals surface area contributed by atoms with E-state index >= 15 is 0 Å². The van der Waals surface area contributed by atoms with Crippen LogP contribution in [-0.4, -0.2) is 57.2 Å². The number of Topliss-reactive ketones (excluding diaryl/α,β-unsaturated/α-hetero) is 1. The molecule has 1 amide bonds. The first kappa shape index (κ1) is 21.1. The van der Waals surface area contributed by atoms with E-state index in [1.807, 2.05) is 0 Å². The number of hydrogen-bond donors (Lipinski definition) is 0. The molecule has 3 aliphatic rings. The van der Waals surface area contributed by atoms with Crippen LogP contribution in [0.5, 0.6) is 23.0 Å². The summed E-state index contributed by atoms with van der Waals surface area (Å²) in [5.74, 6) is 0.588. The molecule has 5 rings (SSSR count). The van der Waals surface area contributed by atoms with Gasteiger partial charge in [-0.2, -0.15) is 0 Å². The molecule has 0 saturated heterocycles. The lowest BCUT2D eigenvalue weighted by molar-refractivity contribution is -0.140. The minimum absolute atomic E-state index is 0.0854. The molecule has 0 saturated carbocycles. The number of carbonyl (C=O) groups excluding carboxylic acids is 3. The number of hydrogen-bond acceptors (Lipinski definition) is 8. The lowest BCUT2D eigenvalue weighted by Gasteiger charge is -2.39. The normalized spacial score (nSPS) is 19.7. The highest BCUT2D eigenvalue weighted by atomic mass is 16.7. The molecule has 33 heavy (non-hydrogen) atoms. The van der Waals surface area contributed by atoms with Gasteiger partial charge in [-0.1, -0.05) is 0 Å². The summed E-state index contributed by atoms with van der Waals surface area (Å²) in [4.78, 5) is 40.6. The first-order chi connectivity index (χ1) is 16.0. The Hall–Kier alpha value is -3.75. The van der Waals surface area contributed by atoms with Crippen LogP contribution in [0.25, 0.3) is 0 Å². The molecular formula is C24H23NO8. The van der Waals surface area contributed by atoms with E-state index < -0.39 is 12.0 Å². The summed E-state index contributed by atoms with van der Waals surface area (Å²) in [6.07, 6.45) is 0.566. The van der Waals surface area contributed by atoms with Crippen molar-refractivity contribution < 1.29 is 38.1 Å². The Labute approximate surface area is 190 Å². The lowest BCUT2D eigenvalue weighted by atomic mass is 9.82. The Balaban J connectivity index is 1.64. The van der Waals surface area contributed by atoms with Gasteiger partial charge < -0.3 is 28.6 Å². The highest BCUT2D eigenvalue weighted by Crippen LogP contribution is 2.54. The summed E-state index contributed by atoms with van der Waals surface area (Å²) in [7, 11) is 4.33. The largest absolute Gasteiger partial charge is 0.493 e. The number of ketones is 1. The van der Waals surface area contributed by atoms with E-state index in [0.717, 1.165) is 0 Å². The minimum atomic E-state index is -0.617. The quantitative estimate of drug-likeness (QED) is 0.616. The molecule has 0 fully saturated rings. The third-order valence-electron chi connectivity index (χ3n) is 6.45. The monoisotopic (exact) mass is 453 g/mol. The van der Waals surface area contributed by atoms with Gasteiger partial charge in [0, 0.05) is 24.1 Å². The standard InChI is InChI=1S/C24H23NO8/c1-29-16-7-12-15(10-17(16)30-2)24(28)25(6-4-5-20(26)31-3)22-13-8-18-19(33-11-32-18)9-14(13)23(27)21(12)22/h7-10,21-22H,4-6,11H2,1-3H3/t21-,22-/m1/s1. The topological polar surface area (TPSA) is 101 Å². The van der Waals surface area contributed by atoms with Crippen molar-refractivity contribution in [3.05, 3.63) is 46.5 Å². The fourth-order valence-electron chi connectivity index (χ4n) is 4.92. The SMILES string of the molecule is COC(=O)CCCN1C(=O)c2cc(OC)c(OC)cc2[C@H]2C(=O)c3cc4c(cc3[C@H]21)OCO4. The molecule has 0 spiro atoms. The van der Waals surface area contributed by atoms with E-state index in [2.05, 4.69) is 0 Å². The van der Waals surface area contributed by atoms with Gasteiger partial charge in [0.2, 0.25) is 6.79 Å². The Bertz CT molecular complexity index is 1170. The smallest absolute Gasteiger partial charge is 0.305 e. The molecule has 0 unspecified atom stereocenters. The molecule has 0 bridgehead atoms. The summed E-state index contributed by atoms with van der Waals surface area (Å²) in [5, 5.41) is 0. The van der Waals surface area contributed by atoms with Crippen molar-refractivity contribution in [1.29, 1.82) is 0 Å². The number of nitrogens with zero attached hydrogens (tertiary/aromatic N) is 1. The second-order valence-corrected chi connectivity index (χ2v) is 8.05. The molecule has 2 atom stereocenters. The zero-order valence-electron chi connectivity index (χ0n) is 18.5. The highest BCUT2D eigenvalue weighted by molar-refractivity contribution is 6.11. The minimum Gasteiger partial charge on any atom is -0.493 e. The maximum atomic E-state index is 13.7.